The molecule has 2 aromatic rings. The number of rotatable bonds is 7. The molecule has 9 heteroatoms. The fourth-order valence-electron chi connectivity index (χ4n) is 3.19. The highest BCUT2D eigenvalue weighted by Gasteiger charge is 2.42. The summed E-state index contributed by atoms with van der Waals surface area (Å²) in [5.41, 5.74) is 1.45. The largest absolute Gasteiger partial charge is 0.497 e. The fourth-order valence-corrected chi connectivity index (χ4v) is 4.42. The van der Waals surface area contributed by atoms with Gasteiger partial charge in [0.15, 0.2) is 5.17 Å². The molecule has 1 amide bonds. The predicted molar refractivity (Wildman–Crippen MR) is 118 cm³/mol. The van der Waals surface area contributed by atoms with Gasteiger partial charge in [-0.25, -0.2) is 9.79 Å². The Morgan fingerprint density at radius 3 is 2.45 bits per heavy atom. The summed E-state index contributed by atoms with van der Waals surface area (Å²) in [4.78, 5) is 30.7. The molecule has 0 spiro atoms. The molecule has 8 nitrogen and oxygen atoms in total. The number of carbonyl (C=O) groups is 2. The topological polar surface area (TPSA) is 97.7 Å². The second-order valence-corrected chi connectivity index (χ2v) is 7.72. The number of amides is 1. The minimum Gasteiger partial charge on any atom is -0.497 e. The molecule has 0 aromatic heterocycles. The van der Waals surface area contributed by atoms with Crippen LogP contribution in [0.15, 0.2) is 47.5 Å². The number of aliphatic imine (C=N–C) groups is 1. The second kappa shape index (κ2) is 9.84. The van der Waals surface area contributed by atoms with Crippen molar-refractivity contribution in [2.75, 3.05) is 27.9 Å². The van der Waals surface area contributed by atoms with Crippen molar-refractivity contribution in [1.29, 1.82) is 0 Å². The Labute approximate surface area is 184 Å². The summed E-state index contributed by atoms with van der Waals surface area (Å²) in [5.74, 6) is 0.343. The van der Waals surface area contributed by atoms with Crippen LogP contribution in [0.25, 0.3) is 0 Å². The lowest BCUT2D eigenvalue weighted by Gasteiger charge is -2.19. The molecule has 0 unspecified atom stereocenters. The molecule has 31 heavy (non-hydrogen) atoms. The molecule has 2 aromatic carbocycles. The van der Waals surface area contributed by atoms with Crippen LogP contribution in [-0.4, -0.2) is 60.2 Å². The Morgan fingerprint density at radius 1 is 1.16 bits per heavy atom. The monoisotopic (exact) mass is 444 g/mol. The molecule has 2 atom stereocenters. The zero-order valence-corrected chi connectivity index (χ0v) is 18.5. The zero-order chi connectivity index (χ0) is 22.5. The SMILES string of the molecule is CCN1C(=O)[C@H]([C@@H](O)c2cc(OC)ccc2OC)SC1=Nc1ccc(C(=O)OC)cc1. The maximum Gasteiger partial charge on any atom is 0.337 e. The van der Waals surface area contributed by atoms with Gasteiger partial charge in [0, 0.05) is 12.1 Å². The standard InChI is InChI=1S/C22H24N2O6S/c1-5-24-20(26)19(18(25)16-12-15(28-2)10-11-17(16)29-3)31-22(24)23-14-8-6-13(7-9-14)21(27)30-4/h6-12,18-19,25H,5H2,1-4H3/t18-,19-/m0/s1. The van der Waals surface area contributed by atoms with E-state index in [1.165, 1.54) is 38.0 Å². The quantitative estimate of drug-likeness (QED) is 0.655. The zero-order valence-electron chi connectivity index (χ0n) is 17.7. The van der Waals surface area contributed by atoms with Crippen LogP contribution in [0, 0.1) is 0 Å². The number of hydrogen-bond donors (Lipinski definition) is 1. The van der Waals surface area contributed by atoms with Crippen LogP contribution in [0.2, 0.25) is 0 Å². The molecule has 0 radical (unpaired) electrons. The summed E-state index contributed by atoms with van der Waals surface area (Å²) < 4.78 is 15.3. The number of ether oxygens (including phenoxy) is 3. The van der Waals surface area contributed by atoms with Crippen LogP contribution in [0.4, 0.5) is 5.69 Å². The fraction of sp³-hybridized carbons (Fsp3) is 0.318. The van der Waals surface area contributed by atoms with Crippen LogP contribution in [0.3, 0.4) is 0 Å². The van der Waals surface area contributed by atoms with E-state index >= 15 is 0 Å². The van der Waals surface area contributed by atoms with Crippen LogP contribution < -0.4 is 9.47 Å². The molecule has 1 aliphatic rings. The molecule has 1 aliphatic heterocycles. The maximum atomic E-state index is 13.0. The van der Waals surface area contributed by atoms with Crippen LogP contribution in [0.5, 0.6) is 11.5 Å². The molecule has 0 saturated carbocycles. The van der Waals surface area contributed by atoms with Crippen molar-refractivity contribution in [1.82, 2.24) is 4.90 Å². The molecular weight excluding hydrogens is 420 g/mol. The number of carbonyl (C=O) groups excluding carboxylic acids is 2. The average molecular weight is 445 g/mol. The van der Waals surface area contributed by atoms with E-state index in [9.17, 15) is 14.7 Å². The molecule has 1 fully saturated rings. The summed E-state index contributed by atoms with van der Waals surface area (Å²) in [5, 5.41) is 10.7. The maximum absolute atomic E-state index is 13.0. The third-order valence-corrected chi connectivity index (χ3v) is 6.08. The van der Waals surface area contributed by atoms with E-state index in [2.05, 4.69) is 4.99 Å². The smallest absolute Gasteiger partial charge is 0.337 e. The normalized spacial score (nSPS) is 18.2. The molecule has 1 heterocycles. The summed E-state index contributed by atoms with van der Waals surface area (Å²) in [6, 6.07) is 11.6. The van der Waals surface area contributed by atoms with Gasteiger partial charge in [-0.3, -0.25) is 9.69 Å². The minimum absolute atomic E-state index is 0.241. The van der Waals surface area contributed by atoms with Crippen molar-refractivity contribution in [3.05, 3.63) is 53.6 Å². The Hall–Kier alpha value is -3.04. The number of thioether (sulfide) groups is 1. The lowest BCUT2D eigenvalue weighted by atomic mass is 10.0. The van der Waals surface area contributed by atoms with E-state index in [-0.39, 0.29) is 5.91 Å². The second-order valence-electron chi connectivity index (χ2n) is 6.61. The Kier molecular flexibility index (Phi) is 7.19. The minimum atomic E-state index is -1.12. The van der Waals surface area contributed by atoms with Gasteiger partial charge >= 0.3 is 5.97 Å². The van der Waals surface area contributed by atoms with Gasteiger partial charge in [-0.15, -0.1) is 0 Å². The Balaban J connectivity index is 1.89. The number of amidine groups is 1. The first-order chi connectivity index (χ1) is 14.9. The van der Waals surface area contributed by atoms with E-state index in [1.54, 1.807) is 42.5 Å². The van der Waals surface area contributed by atoms with E-state index in [4.69, 9.17) is 14.2 Å². The van der Waals surface area contributed by atoms with E-state index in [0.29, 0.717) is 40.0 Å². The van der Waals surface area contributed by atoms with Gasteiger partial charge in [0.2, 0.25) is 5.91 Å². The first-order valence-electron chi connectivity index (χ1n) is 9.58. The molecule has 164 valence electrons. The average Bonchev–Trinajstić information content (AvgIpc) is 3.12. The lowest BCUT2D eigenvalue weighted by Crippen LogP contribution is -2.34. The number of benzene rings is 2. The molecule has 0 aliphatic carbocycles. The number of aliphatic hydroxyl groups excluding tert-OH is 1. The summed E-state index contributed by atoms with van der Waals surface area (Å²) >= 11 is 1.19. The van der Waals surface area contributed by atoms with Crippen molar-refractivity contribution < 1.29 is 28.9 Å². The predicted octanol–water partition coefficient (Wildman–Crippen LogP) is 3.18. The van der Waals surface area contributed by atoms with Crippen LogP contribution >= 0.6 is 11.8 Å². The molecule has 0 bridgehead atoms. The van der Waals surface area contributed by atoms with E-state index in [0.717, 1.165) is 0 Å². The first kappa shape index (κ1) is 22.6. The summed E-state index contributed by atoms with van der Waals surface area (Å²) in [6.45, 7) is 2.25. The van der Waals surface area contributed by atoms with Gasteiger partial charge in [-0.2, -0.15) is 0 Å². The van der Waals surface area contributed by atoms with Crippen molar-refractivity contribution in [3.63, 3.8) is 0 Å². The van der Waals surface area contributed by atoms with Gasteiger partial charge in [0.05, 0.1) is 32.6 Å². The van der Waals surface area contributed by atoms with Gasteiger partial charge < -0.3 is 19.3 Å². The van der Waals surface area contributed by atoms with Gasteiger partial charge in [0.25, 0.3) is 0 Å². The van der Waals surface area contributed by atoms with E-state index < -0.39 is 17.3 Å². The van der Waals surface area contributed by atoms with Gasteiger partial charge in [0.1, 0.15) is 22.9 Å². The summed E-state index contributed by atoms with van der Waals surface area (Å²) in [6.07, 6.45) is -1.12. The van der Waals surface area contributed by atoms with Crippen LogP contribution in [0.1, 0.15) is 28.9 Å². The number of hydrogen-bond acceptors (Lipinski definition) is 8. The molecule has 1 N–H and O–H groups in total. The Bertz CT molecular complexity index is 992. The molecular formula is C22H24N2O6S. The summed E-state index contributed by atoms with van der Waals surface area (Å²) in [7, 11) is 4.35. The first-order valence-corrected chi connectivity index (χ1v) is 10.5. The number of aliphatic hydroxyl groups is 1. The van der Waals surface area contributed by atoms with Crippen LogP contribution in [-0.2, 0) is 9.53 Å². The van der Waals surface area contributed by atoms with E-state index in [1.807, 2.05) is 6.92 Å². The molecule has 3 rings (SSSR count). The Morgan fingerprint density at radius 2 is 1.87 bits per heavy atom. The van der Waals surface area contributed by atoms with Crippen molar-refractivity contribution >= 4 is 34.5 Å². The van der Waals surface area contributed by atoms with Crippen molar-refractivity contribution in [2.24, 2.45) is 4.99 Å². The number of methoxy groups -OCH3 is 3. The highest BCUT2D eigenvalue weighted by Crippen LogP contribution is 2.40. The van der Waals surface area contributed by atoms with Crippen molar-refractivity contribution in [2.45, 2.75) is 18.3 Å². The highest BCUT2D eigenvalue weighted by atomic mass is 32.2. The van der Waals surface area contributed by atoms with Crippen molar-refractivity contribution in [3.8, 4) is 11.5 Å². The highest BCUT2D eigenvalue weighted by molar-refractivity contribution is 8.15. The van der Waals surface area contributed by atoms with Gasteiger partial charge in [-0.1, -0.05) is 11.8 Å². The lowest BCUT2D eigenvalue weighted by molar-refractivity contribution is -0.127. The third kappa shape index (κ3) is 4.67. The molecule has 1 saturated heterocycles. The number of nitrogens with zero attached hydrogens (tertiary/aromatic N) is 2. The number of esters is 1. The van der Waals surface area contributed by atoms with Gasteiger partial charge in [-0.05, 0) is 49.4 Å². The third-order valence-electron chi connectivity index (χ3n) is 4.84.